The summed E-state index contributed by atoms with van der Waals surface area (Å²) in [5.74, 6) is -2.26. The first-order valence-electron chi connectivity index (χ1n) is 6.53. The molecule has 83 valence electrons. The minimum Gasteiger partial charge on any atom is -0.481 e. The Hall–Kier alpha value is -0.310. The molecule has 0 aliphatic rings. The predicted molar refractivity (Wildman–Crippen MR) is 66.8 cm³/mol. The SMILES string of the molecule is [2H]C([2H])([2H])C(C(=O)O)c1ccc(CC(C)C)cc1.[Na]. The van der Waals surface area contributed by atoms with Crippen molar-refractivity contribution < 1.29 is 14.0 Å². The monoisotopic (exact) mass is 232 g/mol. The van der Waals surface area contributed by atoms with Gasteiger partial charge in [-0.2, -0.15) is 0 Å². The fourth-order valence-electron chi connectivity index (χ4n) is 1.46. The summed E-state index contributed by atoms with van der Waals surface area (Å²) in [6.45, 7) is 1.66. The van der Waals surface area contributed by atoms with Crippen LogP contribution in [0.4, 0.5) is 0 Å². The van der Waals surface area contributed by atoms with Gasteiger partial charge in [0, 0.05) is 33.7 Å². The van der Waals surface area contributed by atoms with Crippen molar-refractivity contribution >= 4 is 35.5 Å². The van der Waals surface area contributed by atoms with E-state index in [-0.39, 0.29) is 29.6 Å². The summed E-state index contributed by atoms with van der Waals surface area (Å²) in [6, 6.07) is 6.81. The molecule has 3 heteroatoms. The molecule has 0 aliphatic carbocycles. The Kier molecular flexibility index (Phi) is 4.80. The standard InChI is InChI=1S/C13H18O2.Na/c1-9(2)8-11-4-6-12(7-5-11)10(3)13(14)15;/h4-7,9-10H,8H2,1-3H3,(H,14,15);/i3D3;. The van der Waals surface area contributed by atoms with Crippen molar-refractivity contribution in [2.75, 3.05) is 0 Å². The number of rotatable bonds is 4. The van der Waals surface area contributed by atoms with E-state index < -0.39 is 18.7 Å². The van der Waals surface area contributed by atoms with Crippen molar-refractivity contribution in [1.82, 2.24) is 0 Å². The maximum absolute atomic E-state index is 11.0. The summed E-state index contributed by atoms with van der Waals surface area (Å²) >= 11 is 0. The molecule has 0 spiro atoms. The number of hydrogen-bond acceptors (Lipinski definition) is 1. The maximum atomic E-state index is 11.0. The second-order valence-electron chi connectivity index (χ2n) is 4.11. The zero-order valence-electron chi connectivity index (χ0n) is 13.0. The zero-order valence-corrected chi connectivity index (χ0v) is 12.0. The van der Waals surface area contributed by atoms with E-state index in [0.717, 1.165) is 12.0 Å². The van der Waals surface area contributed by atoms with Gasteiger partial charge in [0.1, 0.15) is 0 Å². The third-order valence-electron chi connectivity index (χ3n) is 2.20. The van der Waals surface area contributed by atoms with E-state index in [1.807, 2.05) is 0 Å². The van der Waals surface area contributed by atoms with Gasteiger partial charge in [0.15, 0.2) is 0 Å². The van der Waals surface area contributed by atoms with Crippen LogP contribution in [0.5, 0.6) is 0 Å². The first-order valence-corrected chi connectivity index (χ1v) is 5.03. The number of carbonyl (C=O) groups is 1. The van der Waals surface area contributed by atoms with E-state index in [1.165, 1.54) is 0 Å². The van der Waals surface area contributed by atoms with Crippen LogP contribution in [0.15, 0.2) is 24.3 Å². The van der Waals surface area contributed by atoms with Gasteiger partial charge in [-0.1, -0.05) is 38.1 Å². The number of hydrogen-bond donors (Lipinski definition) is 1. The summed E-state index contributed by atoms with van der Waals surface area (Å²) in [5.41, 5.74) is 1.42. The van der Waals surface area contributed by atoms with Gasteiger partial charge in [-0.15, -0.1) is 0 Å². The van der Waals surface area contributed by atoms with Crippen LogP contribution in [0.1, 0.15) is 41.9 Å². The van der Waals surface area contributed by atoms with Crippen molar-refractivity contribution in [3.63, 3.8) is 0 Å². The molecule has 0 saturated carbocycles. The van der Waals surface area contributed by atoms with Gasteiger partial charge in [0.05, 0.1) is 5.92 Å². The summed E-state index contributed by atoms with van der Waals surface area (Å²) in [6.07, 6.45) is 0.895. The molecule has 1 atom stereocenters. The fourth-order valence-corrected chi connectivity index (χ4v) is 1.46. The van der Waals surface area contributed by atoms with Crippen molar-refractivity contribution in [2.24, 2.45) is 5.92 Å². The second kappa shape index (κ2) is 7.10. The molecule has 2 nitrogen and oxygen atoms in total. The summed E-state index contributed by atoms with van der Waals surface area (Å²) in [5, 5.41) is 9.02. The fraction of sp³-hybridized carbons (Fsp3) is 0.462. The van der Waals surface area contributed by atoms with Gasteiger partial charge in [-0.3, -0.25) is 4.79 Å². The Morgan fingerprint density at radius 3 is 2.31 bits per heavy atom. The van der Waals surface area contributed by atoms with E-state index >= 15 is 0 Å². The van der Waals surface area contributed by atoms with E-state index in [9.17, 15) is 4.79 Å². The van der Waals surface area contributed by atoms with Crippen LogP contribution < -0.4 is 0 Å². The van der Waals surface area contributed by atoms with Gasteiger partial charge < -0.3 is 5.11 Å². The second-order valence-corrected chi connectivity index (χ2v) is 4.11. The molecule has 0 fully saturated rings. The van der Waals surface area contributed by atoms with Crippen LogP contribution in [0.3, 0.4) is 0 Å². The minimum absolute atomic E-state index is 0. The molecule has 1 aromatic carbocycles. The van der Waals surface area contributed by atoms with Crippen LogP contribution >= 0.6 is 0 Å². The Balaban J connectivity index is 0.00000324. The van der Waals surface area contributed by atoms with Gasteiger partial charge in [0.25, 0.3) is 0 Å². The maximum Gasteiger partial charge on any atom is 0.310 e. The molecule has 0 bridgehead atoms. The molecule has 0 heterocycles. The first-order chi connectivity index (χ1) is 8.21. The molecular formula is C13H18NaO2. The molecule has 1 aromatic rings. The summed E-state index contributed by atoms with van der Waals surface area (Å²) in [7, 11) is 0. The van der Waals surface area contributed by atoms with E-state index in [1.54, 1.807) is 24.3 Å². The Bertz CT molecular complexity index is 413. The first kappa shape index (κ1) is 10.8. The predicted octanol–water partition coefficient (Wildman–Crippen LogP) is 2.69. The van der Waals surface area contributed by atoms with Gasteiger partial charge in [0.2, 0.25) is 0 Å². The van der Waals surface area contributed by atoms with E-state index in [4.69, 9.17) is 9.22 Å². The number of aliphatic carboxylic acids is 1. The molecule has 1 N–H and O–H groups in total. The molecule has 1 unspecified atom stereocenters. The smallest absolute Gasteiger partial charge is 0.310 e. The van der Waals surface area contributed by atoms with Crippen LogP contribution in [0.25, 0.3) is 0 Å². The Morgan fingerprint density at radius 1 is 1.38 bits per heavy atom. The molecule has 0 saturated heterocycles. The van der Waals surface area contributed by atoms with E-state index in [2.05, 4.69) is 13.8 Å². The summed E-state index contributed by atoms with van der Waals surface area (Å²) in [4.78, 5) is 11.0. The van der Waals surface area contributed by atoms with Gasteiger partial charge >= 0.3 is 5.97 Å². The van der Waals surface area contributed by atoms with Crippen LogP contribution in [-0.2, 0) is 11.2 Å². The molecule has 1 radical (unpaired) electrons. The quantitative estimate of drug-likeness (QED) is 0.810. The average molecular weight is 232 g/mol. The molecule has 16 heavy (non-hydrogen) atoms. The molecule has 1 rings (SSSR count). The van der Waals surface area contributed by atoms with Crippen LogP contribution in [0, 0.1) is 5.92 Å². The van der Waals surface area contributed by atoms with E-state index in [0.29, 0.717) is 11.5 Å². The third kappa shape index (κ3) is 4.69. The van der Waals surface area contributed by atoms with Crippen molar-refractivity contribution in [1.29, 1.82) is 0 Å². The molecular weight excluding hydrogens is 211 g/mol. The Labute approximate surface area is 124 Å². The van der Waals surface area contributed by atoms with Crippen molar-refractivity contribution in [2.45, 2.75) is 33.0 Å². The minimum atomic E-state index is -2.52. The topological polar surface area (TPSA) is 37.3 Å². The molecule has 0 aromatic heterocycles. The summed E-state index contributed by atoms with van der Waals surface area (Å²) < 4.78 is 21.8. The zero-order chi connectivity index (χ0) is 13.9. The third-order valence-corrected chi connectivity index (χ3v) is 2.20. The largest absolute Gasteiger partial charge is 0.481 e. The van der Waals surface area contributed by atoms with Crippen LogP contribution in [-0.4, -0.2) is 40.6 Å². The van der Waals surface area contributed by atoms with Crippen molar-refractivity contribution in [3.05, 3.63) is 35.4 Å². The molecule has 0 amide bonds. The normalized spacial score (nSPS) is 15.6. The van der Waals surface area contributed by atoms with Crippen LogP contribution in [0.2, 0.25) is 0 Å². The van der Waals surface area contributed by atoms with Crippen molar-refractivity contribution in [3.8, 4) is 0 Å². The average Bonchev–Trinajstić information content (AvgIpc) is 2.17. The Morgan fingerprint density at radius 2 is 1.94 bits per heavy atom. The number of carboxylic acids is 1. The van der Waals surface area contributed by atoms with Gasteiger partial charge in [-0.25, -0.2) is 0 Å². The molecule has 0 aliphatic heterocycles. The number of benzene rings is 1. The number of carboxylic acid groups (broad SMARTS) is 1. The van der Waals surface area contributed by atoms with Gasteiger partial charge in [-0.05, 0) is 30.3 Å².